The summed E-state index contributed by atoms with van der Waals surface area (Å²) in [5.74, 6) is -2.92. The van der Waals surface area contributed by atoms with Crippen LogP contribution in [0.4, 0.5) is 26.3 Å². The van der Waals surface area contributed by atoms with E-state index in [0.717, 1.165) is 32.1 Å². The quantitative estimate of drug-likeness (QED) is 0.171. The standard InChI is InChI=1S/C18H22F6O7S/c1-2-15(11-4-9-3-10(6-11)7-12(15)5-9)29-13(25)8-28-14(26)16(17(19,20)21,18(22,23)24)32-31-30-27/h9-12,27H,2-8H2,1H3. The van der Waals surface area contributed by atoms with Gasteiger partial charge in [-0.1, -0.05) is 12.0 Å². The Kier molecular flexibility index (Phi) is 7.01. The summed E-state index contributed by atoms with van der Waals surface area (Å²) in [7, 11) is 0. The normalized spacial score (nSPS) is 32.1. The monoisotopic (exact) mass is 496 g/mol. The number of hydrogen-bond donors (Lipinski definition) is 1. The van der Waals surface area contributed by atoms with Crippen LogP contribution in [0.3, 0.4) is 0 Å². The van der Waals surface area contributed by atoms with Crippen molar-refractivity contribution in [2.45, 2.75) is 68.1 Å². The zero-order chi connectivity index (χ0) is 23.9. The number of ether oxygens (including phenoxy) is 2. The average Bonchev–Trinajstić information content (AvgIpc) is 2.67. The summed E-state index contributed by atoms with van der Waals surface area (Å²) in [6.45, 7) is 0.365. The molecule has 0 spiro atoms. The lowest BCUT2D eigenvalue weighted by Crippen LogP contribution is -2.61. The SMILES string of the molecule is CCC1(OC(=O)COC(=O)C(SOOO)(C(F)(F)F)C(F)(F)F)C2CC3CC(C2)CC1C3. The Morgan fingerprint density at radius 3 is 1.88 bits per heavy atom. The van der Waals surface area contributed by atoms with Gasteiger partial charge in [-0.25, -0.2) is 14.8 Å². The average molecular weight is 496 g/mol. The summed E-state index contributed by atoms with van der Waals surface area (Å²) >= 11 is -1.55. The maximum Gasteiger partial charge on any atom is 0.425 e. The van der Waals surface area contributed by atoms with Crippen molar-refractivity contribution in [2.75, 3.05) is 6.61 Å². The van der Waals surface area contributed by atoms with Gasteiger partial charge in [-0.2, -0.15) is 26.3 Å². The predicted molar refractivity (Wildman–Crippen MR) is 94.3 cm³/mol. The van der Waals surface area contributed by atoms with E-state index < -0.39 is 53.3 Å². The Labute approximate surface area is 183 Å². The minimum absolute atomic E-state index is 0.0542. The Bertz CT molecular complexity index is 684. The molecule has 0 aromatic heterocycles. The van der Waals surface area contributed by atoms with Crippen molar-refractivity contribution < 1.29 is 60.0 Å². The number of carbonyl (C=O) groups excluding carboxylic acids is 2. The second-order valence-electron chi connectivity index (χ2n) is 8.57. The molecule has 32 heavy (non-hydrogen) atoms. The molecule has 7 nitrogen and oxygen atoms in total. The van der Waals surface area contributed by atoms with Crippen LogP contribution in [-0.2, 0) is 28.4 Å². The molecule has 0 unspecified atom stereocenters. The summed E-state index contributed by atoms with van der Waals surface area (Å²) in [4.78, 5) is 24.3. The van der Waals surface area contributed by atoms with Gasteiger partial charge in [0.25, 0.3) is 0 Å². The van der Waals surface area contributed by atoms with E-state index in [4.69, 9.17) is 9.99 Å². The van der Waals surface area contributed by atoms with Crippen LogP contribution in [0.15, 0.2) is 0 Å². The van der Waals surface area contributed by atoms with Crippen LogP contribution in [0.25, 0.3) is 0 Å². The maximum absolute atomic E-state index is 13.3. The minimum Gasteiger partial charge on any atom is -0.456 e. The molecule has 14 heteroatoms. The summed E-state index contributed by atoms with van der Waals surface area (Å²) in [5, 5.41) is 10.8. The topological polar surface area (TPSA) is 91.3 Å². The smallest absolute Gasteiger partial charge is 0.425 e. The summed E-state index contributed by atoms with van der Waals surface area (Å²) < 4.78 is 87.4. The highest BCUT2D eigenvalue weighted by Crippen LogP contribution is 2.60. The number of hydrogen-bond acceptors (Lipinski definition) is 8. The van der Waals surface area contributed by atoms with Crippen LogP contribution in [0.2, 0.25) is 0 Å². The molecule has 1 N–H and O–H groups in total. The van der Waals surface area contributed by atoms with Gasteiger partial charge in [-0.15, -0.1) is 4.33 Å². The van der Waals surface area contributed by atoms with Gasteiger partial charge in [0.1, 0.15) is 5.60 Å². The van der Waals surface area contributed by atoms with E-state index >= 15 is 0 Å². The lowest BCUT2D eigenvalue weighted by Gasteiger charge is -2.60. The molecule has 4 bridgehead atoms. The summed E-state index contributed by atoms with van der Waals surface area (Å²) in [6, 6.07) is 0. The number of halogens is 6. The first kappa shape index (κ1) is 25.4. The van der Waals surface area contributed by atoms with Gasteiger partial charge in [0.15, 0.2) is 6.61 Å². The van der Waals surface area contributed by atoms with Gasteiger partial charge in [0, 0.05) is 0 Å². The fourth-order valence-corrected chi connectivity index (χ4v) is 6.30. The van der Waals surface area contributed by atoms with Gasteiger partial charge in [-0.3, -0.25) is 0 Å². The fraction of sp³-hybridized carbons (Fsp3) is 0.889. The Balaban J connectivity index is 1.72. The second kappa shape index (κ2) is 8.84. The summed E-state index contributed by atoms with van der Waals surface area (Å²) in [6.07, 6.45) is -7.60. The molecule has 4 aliphatic rings. The molecule has 0 radical (unpaired) electrons. The fourth-order valence-electron chi connectivity index (χ4n) is 5.85. The molecule has 0 amide bonds. The van der Waals surface area contributed by atoms with Crippen molar-refractivity contribution in [1.82, 2.24) is 0 Å². The van der Waals surface area contributed by atoms with Gasteiger partial charge in [0.2, 0.25) is 0 Å². The van der Waals surface area contributed by atoms with E-state index in [9.17, 15) is 35.9 Å². The van der Waals surface area contributed by atoms with Crippen molar-refractivity contribution in [3.63, 3.8) is 0 Å². The molecule has 4 rings (SSSR count). The van der Waals surface area contributed by atoms with Crippen LogP contribution in [0.1, 0.15) is 45.4 Å². The number of rotatable bonds is 8. The lowest BCUT2D eigenvalue weighted by atomic mass is 9.49. The number of esters is 2. The van der Waals surface area contributed by atoms with Crippen molar-refractivity contribution in [2.24, 2.45) is 23.7 Å². The largest absolute Gasteiger partial charge is 0.456 e. The maximum atomic E-state index is 13.3. The molecule has 0 aromatic rings. The van der Waals surface area contributed by atoms with Gasteiger partial charge in [-0.05, 0) is 62.2 Å². The molecule has 0 heterocycles. The zero-order valence-electron chi connectivity index (χ0n) is 16.8. The third-order valence-corrected chi connectivity index (χ3v) is 7.98. The van der Waals surface area contributed by atoms with Crippen molar-refractivity contribution in [1.29, 1.82) is 0 Å². The highest BCUT2D eigenvalue weighted by atomic mass is 32.2. The third-order valence-electron chi connectivity index (χ3n) is 6.97. The molecule has 4 fully saturated rings. The van der Waals surface area contributed by atoms with Gasteiger partial charge in [0.05, 0.1) is 12.0 Å². The predicted octanol–water partition coefficient (Wildman–Crippen LogP) is 4.61. The second-order valence-corrected chi connectivity index (χ2v) is 9.48. The first-order valence-corrected chi connectivity index (χ1v) is 10.7. The molecular formula is C18H22F6O7S. The third kappa shape index (κ3) is 4.18. The van der Waals surface area contributed by atoms with E-state index in [1.54, 1.807) is 0 Å². The molecule has 184 valence electrons. The minimum atomic E-state index is -6.26. The van der Waals surface area contributed by atoms with Crippen LogP contribution >= 0.6 is 12.0 Å². The van der Waals surface area contributed by atoms with Crippen LogP contribution in [0, 0.1) is 23.7 Å². The van der Waals surface area contributed by atoms with Crippen LogP contribution in [0.5, 0.6) is 0 Å². The van der Waals surface area contributed by atoms with Crippen LogP contribution in [-0.4, -0.2) is 46.5 Å². The molecule has 4 saturated carbocycles. The highest BCUT2D eigenvalue weighted by Gasteiger charge is 2.79. The van der Waals surface area contributed by atoms with E-state index in [1.165, 1.54) is 0 Å². The van der Waals surface area contributed by atoms with E-state index in [-0.39, 0.29) is 11.8 Å². The van der Waals surface area contributed by atoms with Crippen molar-refractivity contribution in [3.05, 3.63) is 0 Å². The lowest BCUT2D eigenvalue weighted by molar-refractivity contribution is -0.434. The first-order valence-electron chi connectivity index (χ1n) is 9.99. The zero-order valence-corrected chi connectivity index (χ0v) is 17.6. The van der Waals surface area contributed by atoms with Crippen LogP contribution < -0.4 is 0 Å². The van der Waals surface area contributed by atoms with Gasteiger partial charge >= 0.3 is 29.0 Å². The molecule has 4 aliphatic carbocycles. The molecular weight excluding hydrogens is 474 g/mol. The van der Waals surface area contributed by atoms with Crippen molar-refractivity contribution >= 4 is 24.0 Å². The summed E-state index contributed by atoms with van der Waals surface area (Å²) in [5.41, 5.74) is -0.870. The molecule has 0 aliphatic heterocycles. The van der Waals surface area contributed by atoms with E-state index in [0.29, 0.717) is 18.3 Å². The molecule has 0 atom stereocenters. The Hall–Kier alpha value is -1.25. The molecule has 0 saturated heterocycles. The van der Waals surface area contributed by atoms with Crippen molar-refractivity contribution in [3.8, 4) is 0 Å². The van der Waals surface area contributed by atoms with E-state index in [1.807, 2.05) is 6.92 Å². The Morgan fingerprint density at radius 2 is 1.47 bits per heavy atom. The molecule has 0 aromatic carbocycles. The highest BCUT2D eigenvalue weighted by molar-refractivity contribution is 7.96. The van der Waals surface area contributed by atoms with E-state index in [2.05, 4.69) is 14.1 Å². The first-order chi connectivity index (χ1) is 14.8. The van der Waals surface area contributed by atoms with Gasteiger partial charge < -0.3 is 9.47 Å². The number of alkyl halides is 6. The Morgan fingerprint density at radius 1 is 0.969 bits per heavy atom. The number of carbonyl (C=O) groups is 2.